The monoisotopic (exact) mass is 461 g/mol. The highest BCUT2D eigenvalue weighted by Gasteiger charge is 2.36. The van der Waals surface area contributed by atoms with Crippen LogP contribution in [0.3, 0.4) is 0 Å². The molecule has 1 fully saturated rings. The molecule has 1 aliphatic rings. The van der Waals surface area contributed by atoms with Crippen molar-refractivity contribution in [3.05, 3.63) is 18.2 Å². The molecule has 0 N–H and O–H groups in total. The Morgan fingerprint density at radius 3 is 1.88 bits per heavy atom. The van der Waals surface area contributed by atoms with E-state index >= 15 is 0 Å². The summed E-state index contributed by atoms with van der Waals surface area (Å²) in [6.07, 6.45) is 28.8. The number of unbranched alkanes of at least 4 members (excludes halogenated alkanes) is 15. The van der Waals surface area contributed by atoms with Crippen LogP contribution in [0, 0.1) is 11.8 Å². The van der Waals surface area contributed by atoms with Crippen LogP contribution in [0.2, 0.25) is 0 Å². The Morgan fingerprint density at radius 1 is 0.848 bits per heavy atom. The quantitative estimate of drug-likeness (QED) is 0.116. The lowest BCUT2D eigenvalue weighted by atomic mass is 9.89. The van der Waals surface area contributed by atoms with Crippen LogP contribution in [0.1, 0.15) is 129 Å². The van der Waals surface area contributed by atoms with Crippen LogP contribution in [-0.4, -0.2) is 17.1 Å². The molecule has 0 radical (unpaired) electrons. The van der Waals surface area contributed by atoms with Gasteiger partial charge in [-0.3, -0.25) is 4.79 Å². The molecule has 0 bridgehead atoms. The van der Waals surface area contributed by atoms with Crippen molar-refractivity contribution in [2.75, 3.05) is 6.61 Å². The number of imidazole rings is 1. The summed E-state index contributed by atoms with van der Waals surface area (Å²) >= 11 is 0. The maximum atomic E-state index is 11.9. The number of carbonyl (C=O) groups excluding carboxylic acids is 1. The van der Waals surface area contributed by atoms with Gasteiger partial charge in [0.2, 0.25) is 6.33 Å². The highest BCUT2D eigenvalue weighted by Crippen LogP contribution is 2.28. The topological polar surface area (TPSA) is 35.1 Å². The molecule has 190 valence electrons. The van der Waals surface area contributed by atoms with Gasteiger partial charge in [0.15, 0.2) is 0 Å². The summed E-state index contributed by atoms with van der Waals surface area (Å²) in [7, 11) is 2.10. The molecule has 33 heavy (non-hydrogen) atoms. The fourth-order valence-corrected chi connectivity index (χ4v) is 5.41. The average molecular weight is 462 g/mol. The van der Waals surface area contributed by atoms with Crippen LogP contribution in [0.25, 0.3) is 0 Å². The predicted molar refractivity (Wildman–Crippen MR) is 137 cm³/mol. The molecule has 4 nitrogen and oxygen atoms in total. The van der Waals surface area contributed by atoms with E-state index in [4.69, 9.17) is 4.74 Å². The Hall–Kier alpha value is -1.32. The van der Waals surface area contributed by atoms with E-state index in [1.54, 1.807) is 0 Å². The van der Waals surface area contributed by atoms with E-state index < -0.39 is 0 Å². The maximum Gasteiger partial charge on any atom is 0.309 e. The Kier molecular flexibility index (Phi) is 14.5. The number of nitrogens with zero attached hydrogens (tertiary/aromatic N) is 2. The third-order valence-electron chi connectivity index (χ3n) is 7.52. The third-order valence-corrected chi connectivity index (χ3v) is 7.52. The van der Waals surface area contributed by atoms with Crippen molar-refractivity contribution in [1.82, 2.24) is 4.57 Å². The highest BCUT2D eigenvalue weighted by molar-refractivity contribution is 5.74. The summed E-state index contributed by atoms with van der Waals surface area (Å²) in [6.45, 7) is 6.07. The Labute approximate surface area is 204 Å². The van der Waals surface area contributed by atoms with Crippen LogP contribution in [0.15, 0.2) is 12.5 Å². The minimum Gasteiger partial charge on any atom is -0.465 e. The van der Waals surface area contributed by atoms with Gasteiger partial charge in [-0.15, -0.1) is 0 Å². The minimum atomic E-state index is 0.00258. The summed E-state index contributed by atoms with van der Waals surface area (Å²) in [5.41, 5.74) is 1.35. The fraction of sp³-hybridized carbons (Fsp3) is 0.862. The first-order chi connectivity index (χ1) is 16.2. The number of ether oxygens (including phenoxy) is 1. The number of hydrogen-bond donors (Lipinski definition) is 0. The van der Waals surface area contributed by atoms with E-state index in [-0.39, 0.29) is 11.9 Å². The number of aromatic nitrogens is 2. The fourth-order valence-electron chi connectivity index (χ4n) is 5.41. The molecule has 2 heterocycles. The Bertz CT molecular complexity index is 640. The van der Waals surface area contributed by atoms with Gasteiger partial charge >= 0.3 is 5.97 Å². The summed E-state index contributed by atoms with van der Waals surface area (Å²) < 4.78 is 9.88. The lowest BCUT2D eigenvalue weighted by Crippen LogP contribution is -2.24. The van der Waals surface area contributed by atoms with Crippen LogP contribution < -0.4 is 4.57 Å². The van der Waals surface area contributed by atoms with Crippen LogP contribution >= 0.6 is 0 Å². The summed E-state index contributed by atoms with van der Waals surface area (Å²) in [4.78, 5) is 11.9. The summed E-state index contributed by atoms with van der Waals surface area (Å²) in [6, 6.07) is 0. The molecule has 4 heteroatoms. The zero-order valence-corrected chi connectivity index (χ0v) is 22.2. The van der Waals surface area contributed by atoms with Crippen molar-refractivity contribution < 1.29 is 14.1 Å². The molecule has 1 aliphatic heterocycles. The van der Waals surface area contributed by atoms with Crippen molar-refractivity contribution in [1.29, 1.82) is 0 Å². The first-order valence-electron chi connectivity index (χ1n) is 14.4. The Balaban J connectivity index is 1.46. The molecular weight excluding hydrogens is 408 g/mol. The molecule has 0 aromatic carbocycles. The van der Waals surface area contributed by atoms with Crippen molar-refractivity contribution in [2.24, 2.45) is 18.9 Å². The SMILES string of the molecule is CCCCCCCCCCCCCCCCCCn1c[n+](C)cc1C[C@@H]1COC(=O)[C@@H]1CC. The molecule has 0 saturated carbocycles. The smallest absolute Gasteiger partial charge is 0.309 e. The summed E-state index contributed by atoms with van der Waals surface area (Å²) in [5, 5.41) is 0. The normalized spacial score (nSPS) is 18.2. The van der Waals surface area contributed by atoms with Crippen molar-refractivity contribution in [3.8, 4) is 0 Å². The number of rotatable bonds is 20. The lowest BCUT2D eigenvalue weighted by Gasteiger charge is -2.12. The number of cyclic esters (lactones) is 1. The second-order valence-electron chi connectivity index (χ2n) is 10.5. The van der Waals surface area contributed by atoms with Crippen LogP contribution in [-0.2, 0) is 29.5 Å². The molecule has 1 aromatic heterocycles. The van der Waals surface area contributed by atoms with Crippen molar-refractivity contribution in [2.45, 2.75) is 136 Å². The van der Waals surface area contributed by atoms with E-state index in [1.165, 1.54) is 108 Å². The van der Waals surface area contributed by atoms with Gasteiger partial charge in [0.05, 0.1) is 26.1 Å². The molecule has 1 saturated heterocycles. The first kappa shape index (κ1) is 27.9. The molecule has 0 aliphatic carbocycles. The minimum absolute atomic E-state index is 0.00258. The van der Waals surface area contributed by atoms with Crippen LogP contribution in [0.4, 0.5) is 0 Å². The highest BCUT2D eigenvalue weighted by atomic mass is 16.5. The molecule has 2 rings (SSSR count). The molecule has 0 amide bonds. The number of esters is 1. The molecule has 0 spiro atoms. The van der Waals surface area contributed by atoms with Crippen LogP contribution in [0.5, 0.6) is 0 Å². The predicted octanol–water partition coefficient (Wildman–Crippen LogP) is 7.32. The van der Waals surface area contributed by atoms with Gasteiger partial charge in [-0.2, -0.15) is 0 Å². The van der Waals surface area contributed by atoms with E-state index in [9.17, 15) is 4.79 Å². The van der Waals surface area contributed by atoms with Gasteiger partial charge in [0.25, 0.3) is 0 Å². The zero-order valence-electron chi connectivity index (χ0n) is 22.2. The lowest BCUT2D eigenvalue weighted by molar-refractivity contribution is -0.671. The van der Waals surface area contributed by atoms with Gasteiger partial charge in [0.1, 0.15) is 11.9 Å². The van der Waals surface area contributed by atoms with Gasteiger partial charge < -0.3 is 4.74 Å². The Morgan fingerprint density at radius 2 is 1.36 bits per heavy atom. The second-order valence-corrected chi connectivity index (χ2v) is 10.5. The molecule has 0 unspecified atom stereocenters. The van der Waals surface area contributed by atoms with Gasteiger partial charge in [-0.1, -0.05) is 104 Å². The largest absolute Gasteiger partial charge is 0.465 e. The molecule has 1 aromatic rings. The average Bonchev–Trinajstić information content (AvgIpc) is 3.34. The maximum absolute atomic E-state index is 11.9. The summed E-state index contributed by atoms with van der Waals surface area (Å²) in [5.74, 6) is 0.416. The van der Waals surface area contributed by atoms with E-state index in [2.05, 4.69) is 42.6 Å². The number of carbonyl (C=O) groups is 1. The first-order valence-corrected chi connectivity index (χ1v) is 14.4. The molecule has 2 atom stereocenters. The zero-order chi connectivity index (χ0) is 23.7. The van der Waals surface area contributed by atoms with Gasteiger partial charge in [-0.05, 0) is 19.3 Å². The van der Waals surface area contributed by atoms with Crippen molar-refractivity contribution in [3.63, 3.8) is 0 Å². The van der Waals surface area contributed by atoms with E-state index in [0.29, 0.717) is 12.5 Å². The standard InChI is InChI=1S/C29H53N2O2/c1-4-6-7-8-9-10-11-12-13-14-15-16-17-18-19-20-21-31-25-30(3)23-27(31)22-26-24-33-29(32)28(26)5-2/h23,25-26,28H,4-22,24H2,1-3H3/q+1/t26-,28-/m1/s1. The number of hydrogen-bond acceptors (Lipinski definition) is 2. The van der Waals surface area contributed by atoms with E-state index in [0.717, 1.165) is 19.4 Å². The number of aryl methyl sites for hydroxylation is 2. The third kappa shape index (κ3) is 11.1. The van der Waals surface area contributed by atoms with E-state index in [1.807, 2.05) is 0 Å². The van der Waals surface area contributed by atoms with Gasteiger partial charge in [-0.25, -0.2) is 9.13 Å². The van der Waals surface area contributed by atoms with Crippen molar-refractivity contribution >= 4 is 5.97 Å². The second kappa shape index (κ2) is 17.2. The molecular formula is C29H53N2O2+. The van der Waals surface area contributed by atoms with Gasteiger partial charge in [0, 0.05) is 12.3 Å².